The summed E-state index contributed by atoms with van der Waals surface area (Å²) in [4.78, 5) is 24.7. The predicted octanol–water partition coefficient (Wildman–Crippen LogP) is 1.27. The van der Waals surface area contributed by atoms with Gasteiger partial charge >= 0.3 is 5.97 Å². The molecule has 1 amide bonds. The van der Waals surface area contributed by atoms with Crippen molar-refractivity contribution < 1.29 is 19.4 Å². The lowest BCUT2D eigenvalue weighted by molar-refractivity contribution is -0.142. The van der Waals surface area contributed by atoms with Crippen LogP contribution in [0.25, 0.3) is 0 Å². The van der Waals surface area contributed by atoms with Crippen molar-refractivity contribution >= 4 is 11.9 Å². The molecule has 0 aliphatic carbocycles. The SMILES string of the molecule is CCOCC(=O)N1C2CCC1CC(CC(=O)O)C2. The number of nitrogens with zero attached hydrogens (tertiary/aromatic N) is 1. The molecular formula is C13H21NO4. The molecule has 0 aromatic rings. The first-order chi connectivity index (χ1) is 8.61. The van der Waals surface area contributed by atoms with Crippen LogP contribution in [-0.2, 0) is 14.3 Å². The third-order valence-corrected chi connectivity index (χ3v) is 4.01. The highest BCUT2D eigenvalue weighted by Gasteiger charge is 2.43. The summed E-state index contributed by atoms with van der Waals surface area (Å²) in [5, 5.41) is 8.85. The van der Waals surface area contributed by atoms with E-state index >= 15 is 0 Å². The van der Waals surface area contributed by atoms with E-state index in [1.807, 2.05) is 11.8 Å². The fraction of sp³-hybridized carbons (Fsp3) is 0.846. The zero-order valence-electron chi connectivity index (χ0n) is 10.8. The van der Waals surface area contributed by atoms with E-state index in [9.17, 15) is 9.59 Å². The summed E-state index contributed by atoms with van der Waals surface area (Å²) in [5.74, 6) is -0.428. The van der Waals surface area contributed by atoms with Crippen molar-refractivity contribution in [1.29, 1.82) is 0 Å². The standard InChI is InChI=1S/C13H21NO4/c1-2-18-8-12(15)14-10-3-4-11(14)6-9(5-10)7-13(16)17/h9-11H,2-8H2,1H3,(H,16,17). The Morgan fingerprint density at radius 3 is 2.39 bits per heavy atom. The van der Waals surface area contributed by atoms with Crippen molar-refractivity contribution in [2.45, 2.75) is 51.1 Å². The van der Waals surface area contributed by atoms with Crippen LogP contribution in [0.1, 0.15) is 39.0 Å². The van der Waals surface area contributed by atoms with Crippen LogP contribution in [0.4, 0.5) is 0 Å². The summed E-state index contributed by atoms with van der Waals surface area (Å²) in [6, 6.07) is 0.474. The van der Waals surface area contributed by atoms with Crippen LogP contribution in [0.2, 0.25) is 0 Å². The van der Waals surface area contributed by atoms with Gasteiger partial charge in [0.2, 0.25) is 5.91 Å². The molecule has 2 rings (SSSR count). The maximum absolute atomic E-state index is 12.0. The maximum Gasteiger partial charge on any atom is 0.303 e. The van der Waals surface area contributed by atoms with Gasteiger partial charge in [-0.25, -0.2) is 0 Å². The maximum atomic E-state index is 12.0. The number of rotatable bonds is 5. The number of ether oxygens (including phenoxy) is 1. The van der Waals surface area contributed by atoms with Crippen molar-refractivity contribution in [3.05, 3.63) is 0 Å². The van der Waals surface area contributed by atoms with Gasteiger partial charge in [0, 0.05) is 25.1 Å². The van der Waals surface area contributed by atoms with Gasteiger partial charge in [-0.3, -0.25) is 9.59 Å². The Morgan fingerprint density at radius 1 is 1.28 bits per heavy atom. The minimum absolute atomic E-state index is 0.0677. The molecule has 2 fully saturated rings. The van der Waals surface area contributed by atoms with Crippen LogP contribution < -0.4 is 0 Å². The zero-order valence-corrected chi connectivity index (χ0v) is 10.8. The lowest BCUT2D eigenvalue weighted by atomic mass is 9.88. The molecule has 0 aromatic carbocycles. The topological polar surface area (TPSA) is 66.8 Å². The average Bonchev–Trinajstić information content (AvgIpc) is 2.57. The molecule has 0 aromatic heterocycles. The second kappa shape index (κ2) is 5.69. The first kappa shape index (κ1) is 13.3. The summed E-state index contributed by atoms with van der Waals surface area (Å²) < 4.78 is 5.18. The van der Waals surface area contributed by atoms with Crippen molar-refractivity contribution in [3.8, 4) is 0 Å². The number of carbonyl (C=O) groups is 2. The Labute approximate surface area is 107 Å². The third kappa shape index (κ3) is 2.83. The Balaban J connectivity index is 1.93. The number of piperidine rings is 1. The van der Waals surface area contributed by atoms with Gasteiger partial charge in [0.05, 0.1) is 0 Å². The molecule has 2 atom stereocenters. The Hall–Kier alpha value is -1.10. The fourth-order valence-electron chi connectivity index (χ4n) is 3.37. The highest BCUT2D eigenvalue weighted by molar-refractivity contribution is 5.78. The minimum Gasteiger partial charge on any atom is -0.481 e. The average molecular weight is 255 g/mol. The first-order valence-electron chi connectivity index (χ1n) is 6.72. The Morgan fingerprint density at radius 2 is 1.89 bits per heavy atom. The molecule has 0 radical (unpaired) electrons. The van der Waals surface area contributed by atoms with Gasteiger partial charge in [0.15, 0.2) is 0 Å². The number of hydrogen-bond donors (Lipinski definition) is 1. The van der Waals surface area contributed by atoms with Crippen LogP contribution in [0, 0.1) is 5.92 Å². The number of carboxylic acids is 1. The van der Waals surface area contributed by atoms with Gasteiger partial charge in [-0.15, -0.1) is 0 Å². The van der Waals surface area contributed by atoms with E-state index in [1.165, 1.54) is 0 Å². The van der Waals surface area contributed by atoms with E-state index in [0.717, 1.165) is 25.7 Å². The third-order valence-electron chi connectivity index (χ3n) is 4.01. The molecule has 2 aliphatic heterocycles. The van der Waals surface area contributed by atoms with Crippen molar-refractivity contribution in [2.75, 3.05) is 13.2 Å². The van der Waals surface area contributed by atoms with Gasteiger partial charge in [-0.05, 0) is 38.5 Å². The minimum atomic E-state index is -0.728. The molecule has 18 heavy (non-hydrogen) atoms. The molecule has 2 saturated heterocycles. The molecule has 2 heterocycles. The first-order valence-corrected chi connectivity index (χ1v) is 6.72. The van der Waals surface area contributed by atoms with E-state index in [0.29, 0.717) is 6.61 Å². The zero-order chi connectivity index (χ0) is 13.1. The van der Waals surface area contributed by atoms with Crippen LogP contribution in [0.5, 0.6) is 0 Å². The fourth-order valence-corrected chi connectivity index (χ4v) is 3.37. The molecule has 0 spiro atoms. The van der Waals surface area contributed by atoms with Crippen molar-refractivity contribution in [2.24, 2.45) is 5.92 Å². The normalized spacial score (nSPS) is 30.5. The molecule has 1 N–H and O–H groups in total. The van der Waals surface area contributed by atoms with Crippen molar-refractivity contribution in [1.82, 2.24) is 4.90 Å². The second-order valence-electron chi connectivity index (χ2n) is 5.26. The van der Waals surface area contributed by atoms with Gasteiger partial charge in [0.1, 0.15) is 6.61 Å². The number of aliphatic carboxylic acids is 1. The van der Waals surface area contributed by atoms with Crippen LogP contribution in [0.15, 0.2) is 0 Å². The lowest BCUT2D eigenvalue weighted by Crippen LogP contribution is -2.48. The molecule has 5 nitrogen and oxygen atoms in total. The van der Waals surface area contributed by atoms with E-state index < -0.39 is 5.97 Å². The number of fused-ring (bicyclic) bond motifs is 2. The summed E-state index contributed by atoms with van der Waals surface area (Å²) in [6.45, 7) is 2.59. The highest BCUT2D eigenvalue weighted by atomic mass is 16.5. The molecule has 0 saturated carbocycles. The molecule has 5 heteroatoms. The van der Waals surface area contributed by atoms with Crippen LogP contribution >= 0.6 is 0 Å². The number of carbonyl (C=O) groups excluding carboxylic acids is 1. The summed E-state index contributed by atoms with van der Waals surface area (Å²) in [7, 11) is 0. The Bertz CT molecular complexity index is 317. The molecule has 2 unspecified atom stereocenters. The van der Waals surface area contributed by atoms with E-state index in [2.05, 4.69) is 0 Å². The summed E-state index contributed by atoms with van der Waals surface area (Å²) >= 11 is 0. The molecular weight excluding hydrogens is 234 g/mol. The lowest BCUT2D eigenvalue weighted by Gasteiger charge is -2.38. The van der Waals surface area contributed by atoms with E-state index in [4.69, 9.17) is 9.84 Å². The van der Waals surface area contributed by atoms with Crippen LogP contribution in [-0.4, -0.2) is 47.2 Å². The Kier molecular flexibility index (Phi) is 4.22. The monoisotopic (exact) mass is 255 g/mol. The quantitative estimate of drug-likeness (QED) is 0.803. The largest absolute Gasteiger partial charge is 0.481 e. The molecule has 2 bridgehead atoms. The highest BCUT2D eigenvalue weighted by Crippen LogP contribution is 2.39. The van der Waals surface area contributed by atoms with Gasteiger partial charge in [-0.2, -0.15) is 0 Å². The molecule has 2 aliphatic rings. The van der Waals surface area contributed by atoms with Crippen LogP contribution in [0.3, 0.4) is 0 Å². The number of hydrogen-bond acceptors (Lipinski definition) is 3. The number of carboxylic acid groups (broad SMARTS) is 1. The smallest absolute Gasteiger partial charge is 0.303 e. The second-order valence-corrected chi connectivity index (χ2v) is 5.26. The molecule has 102 valence electrons. The van der Waals surface area contributed by atoms with Gasteiger partial charge in [0.25, 0.3) is 0 Å². The van der Waals surface area contributed by atoms with E-state index in [-0.39, 0.29) is 36.9 Å². The van der Waals surface area contributed by atoms with Gasteiger partial charge < -0.3 is 14.7 Å². The van der Waals surface area contributed by atoms with E-state index in [1.54, 1.807) is 0 Å². The number of amides is 1. The summed E-state index contributed by atoms with van der Waals surface area (Å²) in [5.41, 5.74) is 0. The summed E-state index contributed by atoms with van der Waals surface area (Å²) in [6.07, 6.45) is 3.93. The predicted molar refractivity (Wildman–Crippen MR) is 65.1 cm³/mol. The van der Waals surface area contributed by atoms with Gasteiger partial charge in [-0.1, -0.05) is 0 Å². The van der Waals surface area contributed by atoms with Crippen molar-refractivity contribution in [3.63, 3.8) is 0 Å².